The van der Waals surface area contributed by atoms with Crippen molar-refractivity contribution in [2.75, 3.05) is 26.2 Å². The fourth-order valence-electron chi connectivity index (χ4n) is 12.3. The maximum absolute atomic E-state index is 17.8. The van der Waals surface area contributed by atoms with Crippen LogP contribution in [0.15, 0.2) is 119 Å². The van der Waals surface area contributed by atoms with Gasteiger partial charge >= 0.3 is 0 Å². The van der Waals surface area contributed by atoms with E-state index in [9.17, 15) is 30.6 Å². The van der Waals surface area contributed by atoms with E-state index in [-0.39, 0.29) is 91.4 Å². The second-order valence-corrected chi connectivity index (χ2v) is 20.6. The van der Waals surface area contributed by atoms with Crippen LogP contribution in [0.3, 0.4) is 0 Å². The summed E-state index contributed by atoms with van der Waals surface area (Å²) < 4.78 is 31.5. The highest BCUT2D eigenvalue weighted by molar-refractivity contribution is 6.19. The molecule has 0 amide bonds. The number of piperidine rings is 2. The van der Waals surface area contributed by atoms with Gasteiger partial charge in [0.1, 0.15) is 34.7 Å². The number of aliphatic hydroxyl groups is 4. The predicted molar refractivity (Wildman–Crippen MR) is 263 cm³/mol. The maximum atomic E-state index is 17.8. The number of halogens is 2. The first-order chi connectivity index (χ1) is 33.0. The molecule has 2 unspecified atom stereocenters. The normalized spacial score (nSPS) is 23.7. The summed E-state index contributed by atoms with van der Waals surface area (Å²) >= 11 is 0. The van der Waals surface area contributed by atoms with Crippen molar-refractivity contribution in [3.05, 3.63) is 164 Å². The molecular formula is C57H62F2N2O9. The van der Waals surface area contributed by atoms with E-state index in [4.69, 9.17) is 0 Å². The molecular weight excluding hydrogens is 895 g/mol. The van der Waals surface area contributed by atoms with Crippen LogP contribution in [0.1, 0.15) is 109 Å². The van der Waals surface area contributed by atoms with E-state index in [0.717, 1.165) is 0 Å². The zero-order chi connectivity index (χ0) is 50.7. The van der Waals surface area contributed by atoms with Crippen LogP contribution < -0.4 is 10.6 Å². The SMILES string of the molecule is Cc1c(F)cccc1C1=C(C(=O)c2cccc(O)c2)C[C@](C(=O)[C@]2(C3CCCNC3)CC(C(=O)c3cccc(O)c3)=C(c3cccc(F)c3C)C(O)=C2C(C)(C)O)(C2CCCNC2)C(C(C)(C)O)=C1O. The van der Waals surface area contributed by atoms with Gasteiger partial charge in [-0.2, -0.15) is 0 Å². The van der Waals surface area contributed by atoms with Crippen molar-refractivity contribution in [2.45, 2.75) is 91.3 Å². The van der Waals surface area contributed by atoms with Gasteiger partial charge in [0.25, 0.3) is 0 Å². The minimum atomic E-state index is -2.10. The Morgan fingerprint density at radius 2 is 0.957 bits per heavy atom. The molecule has 11 nitrogen and oxygen atoms in total. The van der Waals surface area contributed by atoms with E-state index in [1.165, 1.54) is 114 Å². The predicted octanol–water partition coefficient (Wildman–Crippen LogP) is 9.48. The molecule has 2 saturated heterocycles. The first kappa shape index (κ1) is 50.1. The fraction of sp³-hybridized carbons (Fsp3) is 0.386. The van der Waals surface area contributed by atoms with E-state index in [2.05, 4.69) is 10.6 Å². The van der Waals surface area contributed by atoms with Gasteiger partial charge < -0.3 is 41.3 Å². The summed E-state index contributed by atoms with van der Waals surface area (Å²) in [5.74, 6) is -6.72. The molecule has 368 valence electrons. The summed E-state index contributed by atoms with van der Waals surface area (Å²) in [7, 11) is 0. The van der Waals surface area contributed by atoms with E-state index in [0.29, 0.717) is 38.8 Å². The number of hydrogen-bond donors (Lipinski definition) is 8. The van der Waals surface area contributed by atoms with Gasteiger partial charge in [-0.25, -0.2) is 8.78 Å². The molecule has 4 atom stereocenters. The van der Waals surface area contributed by atoms with Crippen molar-refractivity contribution in [1.29, 1.82) is 0 Å². The van der Waals surface area contributed by atoms with Gasteiger partial charge in [-0.15, -0.1) is 0 Å². The average Bonchev–Trinajstić information content (AvgIpc) is 3.32. The van der Waals surface area contributed by atoms with Gasteiger partial charge in [0.15, 0.2) is 17.3 Å². The van der Waals surface area contributed by atoms with Crippen LogP contribution in [0.4, 0.5) is 8.78 Å². The number of phenols is 2. The monoisotopic (exact) mass is 956 g/mol. The van der Waals surface area contributed by atoms with Crippen LogP contribution in [0, 0.1) is 48.1 Å². The van der Waals surface area contributed by atoms with E-state index >= 15 is 23.2 Å². The highest BCUT2D eigenvalue weighted by atomic mass is 19.1. The standard InChI is InChI=1S/C57H62F2N2O9/c1-31-39(19-9-21-43(31)58)45-41(47(64)33-13-7-17-37(62)25-33)27-56(35-15-11-23-60-29-35,51(49(45)66)54(3,4)69)53(68)57(36-16-12-24-61-30-36)28-42(48(65)34-14-8-18-38(63)26-34)46(50(67)52(57)55(5,6)70)40-20-10-22-44(59)32(40)2/h7-10,13-14,17-22,25-26,35-36,60-63,66-67,69-70H,11-12,15-16,23-24,27-30H2,1-6H3/t35?,36?,56-,57-/m0/s1. The second kappa shape index (κ2) is 18.8. The smallest absolute Gasteiger partial charge is 0.189 e. The number of phenolic OH excluding ortho intramolecular Hbond substituents is 2. The van der Waals surface area contributed by atoms with Gasteiger partial charge in [0.05, 0.1) is 22.0 Å². The number of ketones is 3. The van der Waals surface area contributed by atoms with E-state index in [1.54, 1.807) is 12.1 Å². The molecule has 0 aromatic heterocycles. The second-order valence-electron chi connectivity index (χ2n) is 20.6. The number of allylic oxidation sites excluding steroid dienone is 4. The largest absolute Gasteiger partial charge is 0.508 e. The van der Waals surface area contributed by atoms with Crippen molar-refractivity contribution in [3.63, 3.8) is 0 Å². The first-order valence-corrected chi connectivity index (χ1v) is 24.0. The van der Waals surface area contributed by atoms with Crippen LogP contribution in [0.25, 0.3) is 11.1 Å². The lowest BCUT2D eigenvalue weighted by Crippen LogP contribution is -2.62. The number of hydrogen-bond acceptors (Lipinski definition) is 11. The van der Waals surface area contributed by atoms with Gasteiger partial charge in [-0.1, -0.05) is 48.5 Å². The van der Waals surface area contributed by atoms with Crippen molar-refractivity contribution < 1.29 is 53.8 Å². The Balaban J connectivity index is 1.54. The molecule has 8 N–H and O–H groups in total. The molecule has 13 heteroatoms. The van der Waals surface area contributed by atoms with Crippen molar-refractivity contribution in [1.82, 2.24) is 10.6 Å². The number of Topliss-reactive ketones (excluding diaryl/α,β-unsaturated/α-hetero) is 3. The Bertz CT molecular complexity index is 2730. The zero-order valence-corrected chi connectivity index (χ0v) is 40.5. The molecule has 4 aliphatic rings. The number of rotatable bonds is 12. The van der Waals surface area contributed by atoms with E-state index in [1.807, 2.05) is 0 Å². The third-order valence-electron chi connectivity index (χ3n) is 15.2. The molecule has 0 radical (unpaired) electrons. The average molecular weight is 957 g/mol. The Labute approximate surface area is 407 Å². The minimum absolute atomic E-state index is 0.000186. The van der Waals surface area contributed by atoms with Crippen LogP contribution in [-0.2, 0) is 4.79 Å². The van der Waals surface area contributed by atoms with Crippen molar-refractivity contribution in [3.8, 4) is 11.5 Å². The lowest BCUT2D eigenvalue weighted by molar-refractivity contribution is -0.146. The Kier molecular flexibility index (Phi) is 13.5. The number of carbonyl (C=O) groups excluding carboxylic acids is 3. The Morgan fingerprint density at radius 1 is 0.586 bits per heavy atom. The molecule has 4 aromatic carbocycles. The Hall–Kier alpha value is -6.25. The topological polar surface area (TPSA) is 197 Å². The van der Waals surface area contributed by atoms with Crippen LogP contribution in [0.5, 0.6) is 11.5 Å². The number of aromatic hydroxyl groups is 2. The summed E-state index contributed by atoms with van der Waals surface area (Å²) in [6.07, 6.45) is 0.738. The molecule has 4 aromatic rings. The van der Waals surface area contributed by atoms with Gasteiger partial charge in [-0.05, 0) is 177 Å². The van der Waals surface area contributed by atoms with Crippen molar-refractivity contribution >= 4 is 28.5 Å². The maximum Gasteiger partial charge on any atom is 0.189 e. The molecule has 2 heterocycles. The minimum Gasteiger partial charge on any atom is -0.508 e. The molecule has 2 aliphatic heterocycles. The van der Waals surface area contributed by atoms with E-state index < -0.39 is 87.2 Å². The highest BCUT2D eigenvalue weighted by Gasteiger charge is 2.67. The molecule has 0 saturated carbocycles. The van der Waals surface area contributed by atoms with Crippen LogP contribution >= 0.6 is 0 Å². The summed E-state index contributed by atoms with van der Waals surface area (Å²) in [5, 5.41) is 80.4. The van der Waals surface area contributed by atoms with Gasteiger partial charge in [-0.3, -0.25) is 14.4 Å². The number of benzene rings is 4. The summed E-state index contributed by atoms with van der Waals surface area (Å²) in [5.41, 5.74) is -8.71. The molecule has 2 fully saturated rings. The number of nitrogens with one attached hydrogen (secondary N) is 2. The van der Waals surface area contributed by atoms with Gasteiger partial charge in [0.2, 0.25) is 0 Å². The first-order valence-electron chi connectivity index (χ1n) is 24.0. The van der Waals surface area contributed by atoms with Crippen LogP contribution in [0.2, 0.25) is 0 Å². The quantitative estimate of drug-likeness (QED) is 0.0630. The fourth-order valence-corrected chi connectivity index (χ4v) is 12.3. The number of aliphatic hydroxyl groups excluding tert-OH is 2. The highest BCUT2D eigenvalue weighted by Crippen LogP contribution is 2.65. The zero-order valence-electron chi connectivity index (χ0n) is 40.5. The molecule has 70 heavy (non-hydrogen) atoms. The van der Waals surface area contributed by atoms with Crippen molar-refractivity contribution in [2.24, 2.45) is 22.7 Å². The summed E-state index contributed by atoms with van der Waals surface area (Å²) in [4.78, 5) is 48.7. The lowest BCUT2D eigenvalue weighted by atomic mass is 9.45. The summed E-state index contributed by atoms with van der Waals surface area (Å²) in [6, 6.07) is 19.6. The lowest BCUT2D eigenvalue weighted by Gasteiger charge is -2.57. The molecule has 8 rings (SSSR count). The van der Waals surface area contributed by atoms with Crippen LogP contribution in [-0.4, -0.2) is 85.4 Å². The van der Waals surface area contributed by atoms with Gasteiger partial charge in [0, 0.05) is 44.6 Å². The molecule has 2 aliphatic carbocycles. The number of carbonyl (C=O) groups is 3. The summed E-state index contributed by atoms with van der Waals surface area (Å²) in [6.45, 7) is 10.1. The third kappa shape index (κ3) is 8.50. The Morgan fingerprint density at radius 3 is 1.29 bits per heavy atom. The molecule has 0 bridgehead atoms. The molecule has 0 spiro atoms. The third-order valence-corrected chi connectivity index (χ3v) is 15.2.